The zero-order valence-corrected chi connectivity index (χ0v) is 6.91. The molecule has 12 heavy (non-hydrogen) atoms. The van der Waals surface area contributed by atoms with Gasteiger partial charge in [0.25, 0.3) is 0 Å². The van der Waals surface area contributed by atoms with Gasteiger partial charge in [0, 0.05) is 0 Å². The predicted molar refractivity (Wildman–Crippen MR) is 45.3 cm³/mol. The fourth-order valence-electron chi connectivity index (χ4n) is 0.931. The van der Waals surface area contributed by atoms with Crippen LogP contribution in [-0.2, 0) is 16.1 Å². The lowest BCUT2D eigenvalue weighted by Gasteiger charge is -2.00. The van der Waals surface area contributed by atoms with Crippen molar-refractivity contribution in [3.8, 4) is 0 Å². The van der Waals surface area contributed by atoms with Crippen LogP contribution in [0.1, 0.15) is 5.56 Å². The Kier molecular flexibility index (Phi) is 3.29. The number of carbonyl (C=O) groups excluding carboxylic acids is 1. The molecule has 0 fully saturated rings. The molecule has 1 aromatic rings. The highest BCUT2D eigenvalue weighted by Crippen LogP contribution is 1.98. The topological polar surface area (TPSA) is 38.3 Å². The van der Waals surface area contributed by atoms with Crippen LogP contribution in [0.2, 0.25) is 0 Å². The molecule has 0 radical (unpaired) electrons. The lowest BCUT2D eigenvalue weighted by molar-refractivity contribution is -0.130. The summed E-state index contributed by atoms with van der Waals surface area (Å²) in [5.74, 6) is -0.135. The van der Waals surface area contributed by atoms with E-state index < -0.39 is 0 Å². The molecule has 0 aliphatic heterocycles. The molecule has 0 aromatic heterocycles. The molecule has 0 aliphatic rings. The van der Waals surface area contributed by atoms with Crippen LogP contribution < -0.4 is 5.48 Å². The van der Waals surface area contributed by atoms with Gasteiger partial charge in [-0.1, -0.05) is 30.3 Å². The van der Waals surface area contributed by atoms with Gasteiger partial charge in [0.05, 0.1) is 13.5 Å². The zero-order valence-electron chi connectivity index (χ0n) is 6.91. The minimum Gasteiger partial charge on any atom is -0.277 e. The average Bonchev–Trinajstić information content (AvgIpc) is 2.06. The van der Waals surface area contributed by atoms with Crippen LogP contribution in [0.25, 0.3) is 0 Å². The molecule has 1 aromatic carbocycles. The zero-order chi connectivity index (χ0) is 8.81. The Bertz CT molecular complexity index is 246. The van der Waals surface area contributed by atoms with Crippen molar-refractivity contribution >= 4 is 5.91 Å². The van der Waals surface area contributed by atoms with Gasteiger partial charge in [-0.05, 0) is 5.56 Å². The summed E-state index contributed by atoms with van der Waals surface area (Å²) >= 11 is 0. The third-order valence-electron chi connectivity index (χ3n) is 1.42. The van der Waals surface area contributed by atoms with E-state index in [2.05, 4.69) is 10.3 Å². The molecule has 0 unspecified atom stereocenters. The molecule has 0 spiro atoms. The van der Waals surface area contributed by atoms with E-state index >= 15 is 0 Å². The molecule has 1 N–H and O–H groups in total. The molecule has 0 atom stereocenters. The fourth-order valence-corrected chi connectivity index (χ4v) is 0.931. The number of nitrogens with one attached hydrogen (secondary N) is 1. The van der Waals surface area contributed by atoms with Crippen LogP contribution in [0.3, 0.4) is 0 Å². The first-order valence-electron chi connectivity index (χ1n) is 3.68. The van der Waals surface area contributed by atoms with E-state index in [1.54, 1.807) is 0 Å². The van der Waals surface area contributed by atoms with Gasteiger partial charge < -0.3 is 0 Å². The molecule has 1 amide bonds. The van der Waals surface area contributed by atoms with E-state index in [-0.39, 0.29) is 5.91 Å². The van der Waals surface area contributed by atoms with E-state index in [4.69, 9.17) is 0 Å². The largest absolute Gasteiger partial charge is 0.277 e. The smallest absolute Gasteiger partial charge is 0.247 e. The van der Waals surface area contributed by atoms with Crippen LogP contribution in [-0.4, -0.2) is 13.0 Å². The Balaban J connectivity index is 2.47. The molecule has 0 heterocycles. The van der Waals surface area contributed by atoms with Gasteiger partial charge in [-0.2, -0.15) is 0 Å². The van der Waals surface area contributed by atoms with Crippen LogP contribution in [0.4, 0.5) is 0 Å². The first kappa shape index (κ1) is 8.74. The highest BCUT2D eigenvalue weighted by molar-refractivity contribution is 5.77. The second kappa shape index (κ2) is 4.51. The van der Waals surface area contributed by atoms with Crippen LogP contribution in [0.15, 0.2) is 30.3 Å². The number of carbonyl (C=O) groups is 1. The number of benzene rings is 1. The average molecular weight is 165 g/mol. The summed E-state index contributed by atoms with van der Waals surface area (Å²) in [5, 5.41) is 0. The third kappa shape index (κ3) is 2.72. The van der Waals surface area contributed by atoms with Crippen molar-refractivity contribution in [2.24, 2.45) is 0 Å². The molecule has 0 aliphatic carbocycles. The molecule has 0 bridgehead atoms. The summed E-state index contributed by atoms with van der Waals surface area (Å²) in [5.41, 5.74) is 3.23. The number of hydrogen-bond acceptors (Lipinski definition) is 2. The predicted octanol–water partition coefficient (Wildman–Crippen LogP) is 0.907. The van der Waals surface area contributed by atoms with Crippen molar-refractivity contribution in [2.75, 3.05) is 7.11 Å². The molecule has 64 valence electrons. The first-order valence-corrected chi connectivity index (χ1v) is 3.68. The number of rotatable bonds is 3. The van der Waals surface area contributed by atoms with Gasteiger partial charge in [0.15, 0.2) is 0 Å². The van der Waals surface area contributed by atoms with Crippen molar-refractivity contribution in [2.45, 2.75) is 6.42 Å². The molecule has 3 heteroatoms. The maximum Gasteiger partial charge on any atom is 0.247 e. The van der Waals surface area contributed by atoms with Crippen molar-refractivity contribution in [1.82, 2.24) is 5.48 Å². The van der Waals surface area contributed by atoms with E-state index in [0.717, 1.165) is 5.56 Å². The lowest BCUT2D eigenvalue weighted by Crippen LogP contribution is -2.23. The minimum atomic E-state index is -0.135. The summed E-state index contributed by atoms with van der Waals surface area (Å²) in [7, 11) is 1.42. The number of hydroxylamine groups is 1. The molecule has 3 nitrogen and oxygen atoms in total. The number of amides is 1. The Morgan fingerprint density at radius 3 is 2.67 bits per heavy atom. The van der Waals surface area contributed by atoms with E-state index in [1.807, 2.05) is 30.3 Å². The van der Waals surface area contributed by atoms with Gasteiger partial charge in [-0.3, -0.25) is 9.63 Å². The summed E-state index contributed by atoms with van der Waals surface area (Å²) in [6, 6.07) is 9.51. The van der Waals surface area contributed by atoms with Crippen LogP contribution >= 0.6 is 0 Å². The summed E-state index contributed by atoms with van der Waals surface area (Å²) in [6.07, 6.45) is 0.356. The molecule has 0 saturated heterocycles. The third-order valence-corrected chi connectivity index (χ3v) is 1.42. The molecular weight excluding hydrogens is 154 g/mol. The second-order valence-corrected chi connectivity index (χ2v) is 2.39. The van der Waals surface area contributed by atoms with Crippen LogP contribution in [0, 0.1) is 0 Å². The van der Waals surface area contributed by atoms with Crippen molar-refractivity contribution in [1.29, 1.82) is 0 Å². The van der Waals surface area contributed by atoms with Gasteiger partial charge in [0.1, 0.15) is 0 Å². The standard InChI is InChI=1S/C9H11NO2/c1-12-10-9(11)7-8-5-3-2-4-6-8/h2-6H,7H2,1H3,(H,10,11). The SMILES string of the molecule is CONC(=O)Cc1ccccc1. The Labute approximate surface area is 71.3 Å². The van der Waals surface area contributed by atoms with Gasteiger partial charge >= 0.3 is 0 Å². The normalized spacial score (nSPS) is 9.42. The summed E-state index contributed by atoms with van der Waals surface area (Å²) < 4.78 is 0. The second-order valence-electron chi connectivity index (χ2n) is 2.39. The minimum absolute atomic E-state index is 0.135. The Morgan fingerprint density at radius 2 is 2.08 bits per heavy atom. The highest BCUT2D eigenvalue weighted by atomic mass is 16.6. The van der Waals surface area contributed by atoms with Crippen molar-refractivity contribution < 1.29 is 9.63 Å². The van der Waals surface area contributed by atoms with E-state index in [1.165, 1.54) is 7.11 Å². The monoisotopic (exact) mass is 165 g/mol. The van der Waals surface area contributed by atoms with Crippen molar-refractivity contribution in [3.63, 3.8) is 0 Å². The Morgan fingerprint density at radius 1 is 1.42 bits per heavy atom. The number of hydrogen-bond donors (Lipinski definition) is 1. The maximum absolute atomic E-state index is 11.0. The fraction of sp³-hybridized carbons (Fsp3) is 0.222. The summed E-state index contributed by atoms with van der Waals surface area (Å²) in [6.45, 7) is 0. The lowest BCUT2D eigenvalue weighted by atomic mass is 10.1. The van der Waals surface area contributed by atoms with Gasteiger partial charge in [-0.25, -0.2) is 5.48 Å². The van der Waals surface area contributed by atoms with E-state index in [0.29, 0.717) is 6.42 Å². The highest BCUT2D eigenvalue weighted by Gasteiger charge is 2.00. The van der Waals surface area contributed by atoms with Gasteiger partial charge in [-0.15, -0.1) is 0 Å². The molecule has 0 saturated carbocycles. The van der Waals surface area contributed by atoms with Crippen LogP contribution in [0.5, 0.6) is 0 Å². The van der Waals surface area contributed by atoms with E-state index in [9.17, 15) is 4.79 Å². The van der Waals surface area contributed by atoms with Crippen molar-refractivity contribution in [3.05, 3.63) is 35.9 Å². The maximum atomic E-state index is 11.0. The Hall–Kier alpha value is -1.35. The first-order chi connectivity index (χ1) is 5.83. The molecular formula is C9H11NO2. The quantitative estimate of drug-likeness (QED) is 0.676. The summed E-state index contributed by atoms with van der Waals surface area (Å²) in [4.78, 5) is 15.5. The van der Waals surface area contributed by atoms with Gasteiger partial charge in [0.2, 0.25) is 5.91 Å². The molecule has 1 rings (SSSR count).